The fourth-order valence-corrected chi connectivity index (χ4v) is 1.58. The van der Waals surface area contributed by atoms with Gasteiger partial charge in [-0.15, -0.1) is 0 Å². The summed E-state index contributed by atoms with van der Waals surface area (Å²) in [4.78, 5) is 11.8. The van der Waals surface area contributed by atoms with Crippen LogP contribution >= 0.6 is 0 Å². The van der Waals surface area contributed by atoms with Crippen molar-refractivity contribution in [2.45, 2.75) is 26.4 Å². The summed E-state index contributed by atoms with van der Waals surface area (Å²) < 4.78 is 10.4. The molecule has 0 aromatic heterocycles. The molecule has 0 fully saturated rings. The molecule has 1 aromatic rings. The lowest BCUT2D eigenvalue weighted by Gasteiger charge is -2.21. The zero-order valence-electron chi connectivity index (χ0n) is 12.4. The molecule has 0 heterocycles. The van der Waals surface area contributed by atoms with Crippen LogP contribution in [0.15, 0.2) is 24.8 Å². The molecule has 3 N–H and O–H groups in total. The van der Waals surface area contributed by atoms with Crippen LogP contribution in [0, 0.1) is 0 Å². The van der Waals surface area contributed by atoms with Crippen LogP contribution in [0.1, 0.15) is 26.3 Å². The topological polar surface area (TPSA) is 73.6 Å². The number of amides is 1. The molecule has 0 unspecified atom stereocenters. The quantitative estimate of drug-likeness (QED) is 0.888. The highest BCUT2D eigenvalue weighted by Gasteiger charge is 2.17. The zero-order valence-corrected chi connectivity index (χ0v) is 12.4. The van der Waals surface area contributed by atoms with Crippen LogP contribution in [-0.2, 0) is 4.74 Å². The van der Waals surface area contributed by atoms with Crippen LogP contribution in [0.3, 0.4) is 0 Å². The smallest absolute Gasteiger partial charge is 0.412 e. The Morgan fingerprint density at radius 1 is 1.40 bits per heavy atom. The van der Waals surface area contributed by atoms with Crippen molar-refractivity contribution in [3.8, 4) is 5.75 Å². The van der Waals surface area contributed by atoms with Crippen molar-refractivity contribution in [3.05, 3.63) is 30.3 Å². The second-order valence-corrected chi connectivity index (χ2v) is 5.35. The Hall–Kier alpha value is -2.01. The highest BCUT2D eigenvalue weighted by atomic mass is 16.6. The molecule has 1 rings (SSSR count). The predicted molar refractivity (Wildman–Crippen MR) is 80.9 cm³/mol. The molecule has 0 aliphatic carbocycles. The monoisotopic (exact) mass is 278 g/mol. The van der Waals surface area contributed by atoms with Crippen LogP contribution in [0.4, 0.5) is 10.5 Å². The highest BCUT2D eigenvalue weighted by molar-refractivity contribution is 5.90. The van der Waals surface area contributed by atoms with E-state index in [1.165, 1.54) is 0 Å². The minimum absolute atomic E-state index is 0.288. The summed E-state index contributed by atoms with van der Waals surface area (Å²) in [7, 11) is 1.57. The summed E-state index contributed by atoms with van der Waals surface area (Å²) in [6, 6.07) is 5.26. The number of ether oxygens (including phenoxy) is 2. The van der Waals surface area contributed by atoms with Crippen LogP contribution in [0.5, 0.6) is 5.75 Å². The summed E-state index contributed by atoms with van der Waals surface area (Å²) in [6.45, 7) is 9.59. The molecule has 0 saturated heterocycles. The van der Waals surface area contributed by atoms with Crippen LogP contribution in [0.25, 0.3) is 5.57 Å². The van der Waals surface area contributed by atoms with E-state index < -0.39 is 11.7 Å². The Kier molecular flexibility index (Phi) is 5.16. The molecule has 5 heteroatoms. The summed E-state index contributed by atoms with van der Waals surface area (Å²) in [5.41, 5.74) is 7.09. The third-order valence-corrected chi connectivity index (χ3v) is 2.49. The number of benzene rings is 1. The second-order valence-electron chi connectivity index (χ2n) is 5.35. The predicted octanol–water partition coefficient (Wildman–Crippen LogP) is 3.01. The number of rotatable bonds is 4. The first-order valence-corrected chi connectivity index (χ1v) is 6.33. The van der Waals surface area contributed by atoms with Crippen molar-refractivity contribution < 1.29 is 14.3 Å². The van der Waals surface area contributed by atoms with Gasteiger partial charge < -0.3 is 15.2 Å². The van der Waals surface area contributed by atoms with E-state index in [1.54, 1.807) is 46.1 Å². The van der Waals surface area contributed by atoms with Gasteiger partial charge in [-0.1, -0.05) is 6.58 Å². The van der Waals surface area contributed by atoms with Gasteiger partial charge in [-0.2, -0.15) is 0 Å². The molecule has 0 aliphatic heterocycles. The third kappa shape index (κ3) is 4.59. The Balaban J connectivity index is 2.99. The van der Waals surface area contributed by atoms with Gasteiger partial charge in [-0.3, -0.25) is 5.32 Å². The van der Waals surface area contributed by atoms with Crippen LogP contribution in [-0.4, -0.2) is 25.3 Å². The molecular weight excluding hydrogens is 256 g/mol. The van der Waals surface area contributed by atoms with Gasteiger partial charge in [-0.25, -0.2) is 4.79 Å². The maximum atomic E-state index is 11.8. The van der Waals surface area contributed by atoms with Crippen LogP contribution < -0.4 is 15.8 Å². The number of methoxy groups -OCH3 is 1. The number of anilines is 1. The van der Waals surface area contributed by atoms with E-state index in [4.69, 9.17) is 15.2 Å². The Morgan fingerprint density at radius 2 is 2.05 bits per heavy atom. The van der Waals surface area contributed by atoms with Crippen molar-refractivity contribution in [2.75, 3.05) is 19.0 Å². The molecule has 0 aliphatic rings. The highest BCUT2D eigenvalue weighted by Crippen LogP contribution is 2.27. The Morgan fingerprint density at radius 3 is 2.55 bits per heavy atom. The van der Waals surface area contributed by atoms with E-state index >= 15 is 0 Å². The first kappa shape index (κ1) is 16.0. The number of carbonyl (C=O) groups is 1. The van der Waals surface area contributed by atoms with Crippen molar-refractivity contribution in [1.29, 1.82) is 0 Å². The number of nitrogens with two attached hydrogens (primary N) is 1. The van der Waals surface area contributed by atoms with Crippen molar-refractivity contribution in [3.63, 3.8) is 0 Å². The minimum atomic E-state index is -0.554. The van der Waals surface area contributed by atoms with E-state index in [0.29, 0.717) is 17.0 Å². The molecule has 0 spiro atoms. The van der Waals surface area contributed by atoms with Crippen molar-refractivity contribution in [2.24, 2.45) is 5.73 Å². The minimum Gasteiger partial charge on any atom is -0.497 e. The molecule has 0 radical (unpaired) electrons. The lowest BCUT2D eigenvalue weighted by molar-refractivity contribution is 0.0636. The van der Waals surface area contributed by atoms with Gasteiger partial charge >= 0.3 is 6.09 Å². The average molecular weight is 278 g/mol. The summed E-state index contributed by atoms with van der Waals surface area (Å²) in [5, 5.41) is 2.70. The van der Waals surface area contributed by atoms with E-state index in [-0.39, 0.29) is 6.54 Å². The maximum Gasteiger partial charge on any atom is 0.412 e. The fourth-order valence-electron chi connectivity index (χ4n) is 1.58. The van der Waals surface area contributed by atoms with Crippen molar-refractivity contribution in [1.82, 2.24) is 0 Å². The number of nitrogens with one attached hydrogen (secondary N) is 1. The Labute approximate surface area is 119 Å². The Bertz CT molecular complexity index is 504. The molecule has 110 valence electrons. The van der Waals surface area contributed by atoms with Gasteiger partial charge in [0.25, 0.3) is 0 Å². The van der Waals surface area contributed by atoms with E-state index in [9.17, 15) is 4.79 Å². The lowest BCUT2D eigenvalue weighted by atomic mass is 10.0. The SMILES string of the molecule is C=C(CN)c1cc(OC)ccc1NC(=O)OC(C)(C)C. The van der Waals surface area contributed by atoms with Crippen molar-refractivity contribution >= 4 is 17.4 Å². The third-order valence-electron chi connectivity index (χ3n) is 2.49. The van der Waals surface area contributed by atoms with Gasteiger partial charge in [0.1, 0.15) is 11.4 Å². The second kappa shape index (κ2) is 6.43. The molecule has 5 nitrogen and oxygen atoms in total. The number of hydrogen-bond acceptors (Lipinski definition) is 4. The van der Waals surface area contributed by atoms with Gasteiger partial charge in [0.05, 0.1) is 12.8 Å². The van der Waals surface area contributed by atoms with Gasteiger partial charge in [0, 0.05) is 12.1 Å². The fraction of sp³-hybridized carbons (Fsp3) is 0.400. The normalized spacial score (nSPS) is 10.8. The molecular formula is C15H22N2O3. The maximum absolute atomic E-state index is 11.8. The summed E-state index contributed by atoms with van der Waals surface area (Å²) in [5.74, 6) is 0.671. The number of carbonyl (C=O) groups excluding carboxylic acids is 1. The van der Waals surface area contributed by atoms with Gasteiger partial charge in [0.2, 0.25) is 0 Å². The first-order valence-electron chi connectivity index (χ1n) is 6.33. The van der Waals surface area contributed by atoms with Gasteiger partial charge in [-0.05, 0) is 44.5 Å². The molecule has 0 bridgehead atoms. The molecule has 1 aromatic carbocycles. The molecule has 0 atom stereocenters. The summed E-state index contributed by atoms with van der Waals surface area (Å²) in [6.07, 6.45) is -0.520. The van der Waals surface area contributed by atoms with E-state index in [2.05, 4.69) is 11.9 Å². The molecule has 20 heavy (non-hydrogen) atoms. The number of hydrogen-bond donors (Lipinski definition) is 2. The average Bonchev–Trinajstić information content (AvgIpc) is 2.36. The molecule has 0 saturated carbocycles. The van der Waals surface area contributed by atoms with Gasteiger partial charge in [0.15, 0.2) is 0 Å². The summed E-state index contributed by atoms with van der Waals surface area (Å²) >= 11 is 0. The standard InChI is InChI=1S/C15H22N2O3/c1-10(9-16)12-8-11(19-5)6-7-13(12)17-14(18)20-15(2,3)4/h6-8H,1,9,16H2,2-5H3,(H,17,18). The lowest BCUT2D eigenvalue weighted by Crippen LogP contribution is -2.27. The molecule has 1 amide bonds. The first-order chi connectivity index (χ1) is 9.26. The van der Waals surface area contributed by atoms with E-state index in [1.807, 2.05) is 0 Å². The zero-order chi connectivity index (χ0) is 15.3. The van der Waals surface area contributed by atoms with Crippen LogP contribution in [0.2, 0.25) is 0 Å². The van der Waals surface area contributed by atoms with E-state index in [0.717, 1.165) is 5.56 Å². The largest absolute Gasteiger partial charge is 0.497 e.